The molecule has 0 amide bonds. The normalized spacial score (nSPS) is 15.5. The molecule has 1 aromatic heterocycles. The number of para-hydroxylation sites is 1. The fraction of sp³-hybridized carbons (Fsp3) is 0.565. The lowest BCUT2D eigenvalue weighted by molar-refractivity contribution is 0.239. The van der Waals surface area contributed by atoms with Crippen LogP contribution in [0.3, 0.4) is 0 Å². The summed E-state index contributed by atoms with van der Waals surface area (Å²) in [5.74, 6) is 1.77. The van der Waals surface area contributed by atoms with Crippen molar-refractivity contribution < 1.29 is 4.74 Å². The minimum atomic E-state index is 0. The number of nitrogens with one attached hydrogen (secondary N) is 2. The second-order valence-electron chi connectivity index (χ2n) is 7.90. The molecule has 1 fully saturated rings. The third-order valence-corrected chi connectivity index (χ3v) is 6.09. The van der Waals surface area contributed by atoms with Crippen molar-refractivity contribution in [2.75, 3.05) is 40.3 Å². The lowest BCUT2D eigenvalue weighted by Crippen LogP contribution is -2.43. The van der Waals surface area contributed by atoms with Gasteiger partial charge in [-0.1, -0.05) is 18.2 Å². The monoisotopic (exact) mass is 540 g/mol. The molecule has 1 aliphatic heterocycles. The van der Waals surface area contributed by atoms with Crippen LogP contribution in [-0.4, -0.2) is 61.0 Å². The Morgan fingerprint density at radius 2 is 1.90 bits per heavy atom. The molecule has 7 nitrogen and oxygen atoms in total. The second kappa shape index (κ2) is 12.3. The van der Waals surface area contributed by atoms with E-state index in [1.165, 1.54) is 29.7 Å². The first kappa shape index (κ1) is 25.5. The van der Waals surface area contributed by atoms with E-state index in [2.05, 4.69) is 51.6 Å². The van der Waals surface area contributed by atoms with Crippen LogP contribution >= 0.6 is 24.0 Å². The van der Waals surface area contributed by atoms with Crippen molar-refractivity contribution in [3.8, 4) is 5.75 Å². The topological polar surface area (TPSA) is 66.7 Å². The summed E-state index contributed by atoms with van der Waals surface area (Å²) in [7, 11) is 5.57. The van der Waals surface area contributed by atoms with Gasteiger partial charge in [-0.05, 0) is 57.8 Å². The molecular formula is C23H37IN6O. The lowest BCUT2D eigenvalue weighted by atomic mass is 10.0. The van der Waals surface area contributed by atoms with E-state index in [0.29, 0.717) is 0 Å². The fourth-order valence-corrected chi connectivity index (χ4v) is 4.33. The standard InChI is InChI=1S/C23H36N6O.HI/c1-17-19(18(2)28(4)27-17)12-13-25-23(24-3)26-16-21(29-14-8-9-15-29)20-10-6-7-11-22(20)30-5;/h6-7,10-11,21H,8-9,12-16H2,1-5H3,(H2,24,25,26);1H. The number of halogens is 1. The summed E-state index contributed by atoms with van der Waals surface area (Å²) < 4.78 is 7.60. The van der Waals surface area contributed by atoms with Gasteiger partial charge in [-0.3, -0.25) is 14.6 Å². The van der Waals surface area contributed by atoms with Crippen LogP contribution in [0.1, 0.15) is 41.4 Å². The van der Waals surface area contributed by atoms with Crippen molar-refractivity contribution in [3.63, 3.8) is 0 Å². The zero-order chi connectivity index (χ0) is 21.5. The van der Waals surface area contributed by atoms with Crippen LogP contribution in [0.25, 0.3) is 0 Å². The number of ether oxygens (including phenoxy) is 1. The summed E-state index contributed by atoms with van der Waals surface area (Å²) in [6, 6.07) is 8.59. The van der Waals surface area contributed by atoms with E-state index in [4.69, 9.17) is 4.74 Å². The van der Waals surface area contributed by atoms with E-state index in [9.17, 15) is 0 Å². The first-order chi connectivity index (χ1) is 14.5. The van der Waals surface area contributed by atoms with Gasteiger partial charge in [0.2, 0.25) is 0 Å². The van der Waals surface area contributed by atoms with Crippen molar-refractivity contribution in [1.82, 2.24) is 25.3 Å². The fourth-order valence-electron chi connectivity index (χ4n) is 4.33. The number of likely N-dealkylation sites (tertiary alicyclic amines) is 1. The highest BCUT2D eigenvalue weighted by molar-refractivity contribution is 14.0. The number of rotatable bonds is 8. The zero-order valence-corrected chi connectivity index (χ0v) is 21.8. The van der Waals surface area contributed by atoms with Gasteiger partial charge >= 0.3 is 0 Å². The summed E-state index contributed by atoms with van der Waals surface area (Å²) in [5, 5.41) is 11.5. The lowest BCUT2D eigenvalue weighted by Gasteiger charge is -2.30. The van der Waals surface area contributed by atoms with Crippen molar-refractivity contribution in [2.24, 2.45) is 12.0 Å². The van der Waals surface area contributed by atoms with E-state index in [1.807, 2.05) is 30.9 Å². The van der Waals surface area contributed by atoms with Crippen LogP contribution in [0.5, 0.6) is 5.75 Å². The first-order valence-corrected chi connectivity index (χ1v) is 10.9. The Morgan fingerprint density at radius 1 is 1.19 bits per heavy atom. The molecule has 2 heterocycles. The first-order valence-electron chi connectivity index (χ1n) is 10.9. The summed E-state index contributed by atoms with van der Waals surface area (Å²) in [6.07, 6.45) is 3.43. The molecule has 0 radical (unpaired) electrons. The summed E-state index contributed by atoms with van der Waals surface area (Å²) >= 11 is 0. The number of aromatic nitrogens is 2. The molecule has 2 N–H and O–H groups in total. The van der Waals surface area contributed by atoms with Crippen molar-refractivity contribution in [2.45, 2.75) is 39.2 Å². The minimum Gasteiger partial charge on any atom is -0.496 e. The number of benzene rings is 1. The van der Waals surface area contributed by atoms with Gasteiger partial charge in [0.15, 0.2) is 5.96 Å². The van der Waals surface area contributed by atoms with E-state index < -0.39 is 0 Å². The van der Waals surface area contributed by atoms with Crippen LogP contribution in [-0.2, 0) is 13.5 Å². The number of aliphatic imine (C=N–C) groups is 1. The highest BCUT2D eigenvalue weighted by Gasteiger charge is 2.26. The molecule has 2 aromatic rings. The number of hydrogen-bond donors (Lipinski definition) is 2. The van der Waals surface area contributed by atoms with Gasteiger partial charge in [0, 0.05) is 38.4 Å². The van der Waals surface area contributed by atoms with E-state index >= 15 is 0 Å². The molecular weight excluding hydrogens is 503 g/mol. The molecule has 0 bridgehead atoms. The van der Waals surface area contributed by atoms with E-state index in [1.54, 1.807) is 7.11 Å². The van der Waals surface area contributed by atoms with E-state index in [0.717, 1.165) is 50.0 Å². The van der Waals surface area contributed by atoms with Gasteiger partial charge in [0.1, 0.15) is 5.75 Å². The summed E-state index contributed by atoms with van der Waals surface area (Å²) in [6.45, 7) is 8.03. The van der Waals surface area contributed by atoms with Crippen LogP contribution < -0.4 is 15.4 Å². The van der Waals surface area contributed by atoms with Crippen molar-refractivity contribution >= 4 is 29.9 Å². The Morgan fingerprint density at radius 3 is 2.52 bits per heavy atom. The molecule has 0 saturated carbocycles. The van der Waals surface area contributed by atoms with Crippen molar-refractivity contribution in [3.05, 3.63) is 46.8 Å². The van der Waals surface area contributed by atoms with Crippen LogP contribution in [0.4, 0.5) is 0 Å². The Labute approximate surface area is 203 Å². The maximum Gasteiger partial charge on any atom is 0.191 e. The molecule has 1 unspecified atom stereocenters. The smallest absolute Gasteiger partial charge is 0.191 e. The molecule has 1 aliphatic rings. The van der Waals surface area contributed by atoms with Gasteiger partial charge in [-0.25, -0.2) is 0 Å². The average Bonchev–Trinajstić information content (AvgIpc) is 3.37. The van der Waals surface area contributed by atoms with Gasteiger partial charge in [-0.2, -0.15) is 5.10 Å². The van der Waals surface area contributed by atoms with Gasteiger partial charge in [0.25, 0.3) is 0 Å². The maximum absolute atomic E-state index is 5.65. The van der Waals surface area contributed by atoms with Gasteiger partial charge in [-0.15, -0.1) is 24.0 Å². The Hall–Kier alpha value is -1.81. The minimum absolute atomic E-state index is 0. The number of aryl methyl sites for hydroxylation is 2. The number of guanidine groups is 1. The maximum atomic E-state index is 5.65. The Balaban J connectivity index is 0.00000341. The SMILES string of the molecule is CN=C(NCCc1c(C)nn(C)c1C)NCC(c1ccccc1OC)N1CCCC1.I. The van der Waals surface area contributed by atoms with Crippen molar-refractivity contribution in [1.29, 1.82) is 0 Å². The molecule has 0 aliphatic carbocycles. The highest BCUT2D eigenvalue weighted by Crippen LogP contribution is 2.31. The Kier molecular flexibility index (Phi) is 10.1. The molecule has 1 aromatic carbocycles. The highest BCUT2D eigenvalue weighted by atomic mass is 127. The molecule has 1 saturated heterocycles. The molecule has 3 rings (SSSR count). The second-order valence-corrected chi connectivity index (χ2v) is 7.90. The largest absolute Gasteiger partial charge is 0.496 e. The molecule has 31 heavy (non-hydrogen) atoms. The van der Waals surface area contributed by atoms with Crippen LogP contribution in [0.15, 0.2) is 29.3 Å². The van der Waals surface area contributed by atoms with Gasteiger partial charge in [0.05, 0.1) is 18.8 Å². The zero-order valence-electron chi connectivity index (χ0n) is 19.4. The average molecular weight is 540 g/mol. The summed E-state index contributed by atoms with van der Waals surface area (Å²) in [4.78, 5) is 6.97. The van der Waals surface area contributed by atoms with Crippen LogP contribution in [0.2, 0.25) is 0 Å². The molecule has 172 valence electrons. The van der Waals surface area contributed by atoms with E-state index in [-0.39, 0.29) is 30.0 Å². The quantitative estimate of drug-likeness (QED) is 0.306. The Bertz CT molecular complexity index is 860. The molecule has 8 heteroatoms. The number of nitrogens with zero attached hydrogens (tertiary/aromatic N) is 4. The van der Waals surface area contributed by atoms with Crippen LogP contribution in [0, 0.1) is 13.8 Å². The number of methoxy groups -OCH3 is 1. The third kappa shape index (κ3) is 6.35. The predicted molar refractivity (Wildman–Crippen MR) is 138 cm³/mol. The number of hydrogen-bond acceptors (Lipinski definition) is 4. The predicted octanol–water partition coefficient (Wildman–Crippen LogP) is 3.21. The third-order valence-electron chi connectivity index (χ3n) is 6.09. The summed E-state index contributed by atoms with van der Waals surface area (Å²) in [5.41, 5.74) is 4.86. The molecule has 0 spiro atoms. The molecule has 1 atom stereocenters. The van der Waals surface area contributed by atoms with Gasteiger partial charge < -0.3 is 15.4 Å².